The van der Waals surface area contributed by atoms with Crippen molar-refractivity contribution in [2.45, 2.75) is 32.0 Å². The lowest BCUT2D eigenvalue weighted by Gasteiger charge is -2.23. The van der Waals surface area contributed by atoms with Gasteiger partial charge in [0.25, 0.3) is 0 Å². The van der Waals surface area contributed by atoms with Gasteiger partial charge in [0.2, 0.25) is 0 Å². The third kappa shape index (κ3) is 5.05. The molecule has 2 rings (SSSR count). The number of hydrogen-bond donors (Lipinski definition) is 1. The Balaban J connectivity index is 1.71. The molecule has 1 unspecified atom stereocenters. The van der Waals surface area contributed by atoms with Crippen molar-refractivity contribution in [1.29, 1.82) is 0 Å². The molecule has 0 saturated carbocycles. The number of aryl methyl sites for hydroxylation is 1. The van der Waals surface area contributed by atoms with Crippen molar-refractivity contribution < 1.29 is 19.3 Å². The van der Waals surface area contributed by atoms with E-state index in [1.54, 1.807) is 0 Å². The van der Waals surface area contributed by atoms with Gasteiger partial charge < -0.3 is 19.3 Å². The summed E-state index contributed by atoms with van der Waals surface area (Å²) in [6.45, 7) is 4.01. The first-order chi connectivity index (χ1) is 9.65. The molecule has 1 aromatic carbocycles. The van der Waals surface area contributed by atoms with E-state index in [2.05, 4.69) is 15.9 Å². The van der Waals surface area contributed by atoms with Crippen LogP contribution in [0.3, 0.4) is 0 Å². The first-order valence-electron chi connectivity index (χ1n) is 6.91. The number of rotatable bonds is 6. The molecule has 0 radical (unpaired) electrons. The lowest BCUT2D eigenvalue weighted by atomic mass is 10.1. The van der Waals surface area contributed by atoms with Gasteiger partial charge in [0.1, 0.15) is 18.5 Å². The second kappa shape index (κ2) is 7.98. The molecule has 0 amide bonds. The van der Waals surface area contributed by atoms with Crippen LogP contribution >= 0.6 is 15.9 Å². The highest BCUT2D eigenvalue weighted by atomic mass is 79.9. The minimum absolute atomic E-state index is 0.200. The summed E-state index contributed by atoms with van der Waals surface area (Å²) in [5.41, 5.74) is 1.05. The zero-order valence-corrected chi connectivity index (χ0v) is 13.3. The SMILES string of the molecule is Cc1ccc(Br)cc1OCC(O)COC1CCOCC1. The average molecular weight is 345 g/mol. The lowest BCUT2D eigenvalue weighted by molar-refractivity contribution is -0.0659. The van der Waals surface area contributed by atoms with Crippen molar-refractivity contribution in [3.63, 3.8) is 0 Å². The molecule has 1 saturated heterocycles. The number of benzene rings is 1. The van der Waals surface area contributed by atoms with Crippen LogP contribution in [0.5, 0.6) is 5.75 Å². The quantitative estimate of drug-likeness (QED) is 0.861. The van der Waals surface area contributed by atoms with E-state index < -0.39 is 6.10 Å². The van der Waals surface area contributed by atoms with Crippen LogP contribution in [0, 0.1) is 6.92 Å². The Morgan fingerprint density at radius 2 is 2.10 bits per heavy atom. The molecule has 0 aliphatic carbocycles. The van der Waals surface area contributed by atoms with Gasteiger partial charge in [0, 0.05) is 17.7 Å². The van der Waals surface area contributed by atoms with E-state index in [1.165, 1.54) is 0 Å². The Bertz CT molecular complexity index is 418. The molecular weight excluding hydrogens is 324 g/mol. The summed E-state index contributed by atoms with van der Waals surface area (Å²) in [5, 5.41) is 9.91. The molecule has 1 heterocycles. The number of aliphatic hydroxyl groups excluding tert-OH is 1. The van der Waals surface area contributed by atoms with Crippen LogP contribution in [0.1, 0.15) is 18.4 Å². The van der Waals surface area contributed by atoms with Crippen molar-refractivity contribution >= 4 is 15.9 Å². The molecule has 20 heavy (non-hydrogen) atoms. The van der Waals surface area contributed by atoms with Gasteiger partial charge >= 0.3 is 0 Å². The molecule has 0 spiro atoms. The average Bonchev–Trinajstić information content (AvgIpc) is 2.47. The fourth-order valence-electron chi connectivity index (χ4n) is 2.05. The van der Waals surface area contributed by atoms with E-state index in [-0.39, 0.29) is 12.7 Å². The maximum absolute atomic E-state index is 9.91. The van der Waals surface area contributed by atoms with E-state index in [1.807, 2.05) is 25.1 Å². The molecule has 5 heteroatoms. The monoisotopic (exact) mass is 344 g/mol. The summed E-state index contributed by atoms with van der Waals surface area (Å²) in [6.07, 6.45) is 1.39. The van der Waals surface area contributed by atoms with Crippen LogP contribution in [0.25, 0.3) is 0 Å². The van der Waals surface area contributed by atoms with E-state index in [0.29, 0.717) is 6.61 Å². The van der Waals surface area contributed by atoms with Crippen LogP contribution in [0.15, 0.2) is 22.7 Å². The van der Waals surface area contributed by atoms with E-state index in [9.17, 15) is 5.11 Å². The highest BCUT2D eigenvalue weighted by molar-refractivity contribution is 9.10. The zero-order valence-electron chi connectivity index (χ0n) is 11.7. The van der Waals surface area contributed by atoms with Crippen LogP contribution < -0.4 is 4.74 Å². The van der Waals surface area contributed by atoms with Gasteiger partial charge in [-0.05, 0) is 37.5 Å². The highest BCUT2D eigenvalue weighted by Crippen LogP contribution is 2.23. The smallest absolute Gasteiger partial charge is 0.123 e. The molecule has 1 atom stereocenters. The van der Waals surface area contributed by atoms with Crippen molar-refractivity contribution in [3.05, 3.63) is 28.2 Å². The summed E-state index contributed by atoms with van der Waals surface area (Å²) in [5.74, 6) is 0.782. The van der Waals surface area contributed by atoms with E-state index >= 15 is 0 Å². The molecule has 1 fully saturated rings. The normalized spacial score (nSPS) is 17.9. The Kier molecular flexibility index (Phi) is 6.29. The molecule has 1 N–H and O–H groups in total. The standard InChI is InChI=1S/C15H21BrO4/c1-11-2-3-12(16)8-15(11)20-10-13(17)9-19-14-4-6-18-7-5-14/h2-3,8,13-14,17H,4-7,9-10H2,1H3. The predicted octanol–water partition coefficient (Wildman–Crippen LogP) is 2.69. The fraction of sp³-hybridized carbons (Fsp3) is 0.600. The van der Waals surface area contributed by atoms with Crippen molar-refractivity contribution in [2.24, 2.45) is 0 Å². The molecule has 0 aromatic heterocycles. The number of ether oxygens (including phenoxy) is 3. The van der Waals surface area contributed by atoms with Gasteiger partial charge in [0.05, 0.1) is 12.7 Å². The predicted molar refractivity (Wildman–Crippen MR) is 80.2 cm³/mol. The van der Waals surface area contributed by atoms with Crippen LogP contribution in [0.2, 0.25) is 0 Å². The summed E-state index contributed by atoms with van der Waals surface area (Å²) < 4.78 is 17.5. The third-order valence-electron chi connectivity index (χ3n) is 3.27. The van der Waals surface area contributed by atoms with Crippen LogP contribution in [-0.2, 0) is 9.47 Å². The molecule has 4 nitrogen and oxygen atoms in total. The van der Waals surface area contributed by atoms with Gasteiger partial charge in [0.15, 0.2) is 0 Å². The molecule has 1 aliphatic rings. The Labute approximate surface area is 128 Å². The highest BCUT2D eigenvalue weighted by Gasteiger charge is 2.16. The first kappa shape index (κ1) is 15.8. The second-order valence-corrected chi connectivity index (χ2v) is 5.94. The largest absolute Gasteiger partial charge is 0.490 e. The summed E-state index contributed by atoms with van der Waals surface area (Å²) in [6, 6.07) is 5.85. The third-order valence-corrected chi connectivity index (χ3v) is 3.77. The number of aliphatic hydroxyl groups is 1. The minimum Gasteiger partial charge on any atom is -0.490 e. The maximum Gasteiger partial charge on any atom is 0.123 e. The van der Waals surface area contributed by atoms with Crippen molar-refractivity contribution in [3.8, 4) is 5.75 Å². The van der Waals surface area contributed by atoms with Crippen LogP contribution in [-0.4, -0.2) is 43.7 Å². The van der Waals surface area contributed by atoms with Gasteiger partial charge in [-0.2, -0.15) is 0 Å². The van der Waals surface area contributed by atoms with Gasteiger partial charge in [-0.1, -0.05) is 22.0 Å². The summed E-state index contributed by atoms with van der Waals surface area (Å²) >= 11 is 3.41. The van der Waals surface area contributed by atoms with Gasteiger partial charge in [-0.3, -0.25) is 0 Å². The van der Waals surface area contributed by atoms with Gasteiger partial charge in [-0.15, -0.1) is 0 Å². The Hall–Kier alpha value is -0.620. The maximum atomic E-state index is 9.91. The second-order valence-electron chi connectivity index (χ2n) is 5.02. The van der Waals surface area contributed by atoms with Gasteiger partial charge in [-0.25, -0.2) is 0 Å². The number of halogens is 1. The molecule has 0 bridgehead atoms. The first-order valence-corrected chi connectivity index (χ1v) is 7.71. The molecule has 1 aliphatic heterocycles. The minimum atomic E-state index is -0.615. The topological polar surface area (TPSA) is 47.9 Å². The van der Waals surface area contributed by atoms with E-state index in [0.717, 1.165) is 41.8 Å². The Morgan fingerprint density at radius 3 is 2.85 bits per heavy atom. The molecule has 112 valence electrons. The fourth-order valence-corrected chi connectivity index (χ4v) is 2.39. The van der Waals surface area contributed by atoms with Crippen molar-refractivity contribution in [2.75, 3.05) is 26.4 Å². The Morgan fingerprint density at radius 1 is 1.35 bits per heavy atom. The van der Waals surface area contributed by atoms with E-state index in [4.69, 9.17) is 14.2 Å². The zero-order chi connectivity index (χ0) is 14.4. The number of hydrogen-bond acceptors (Lipinski definition) is 4. The molecular formula is C15H21BrO4. The lowest BCUT2D eigenvalue weighted by Crippen LogP contribution is -2.30. The summed E-state index contributed by atoms with van der Waals surface area (Å²) in [4.78, 5) is 0. The van der Waals surface area contributed by atoms with Crippen LogP contribution in [0.4, 0.5) is 0 Å². The summed E-state index contributed by atoms with van der Waals surface area (Å²) in [7, 11) is 0. The molecule has 1 aromatic rings. The van der Waals surface area contributed by atoms with Crippen molar-refractivity contribution in [1.82, 2.24) is 0 Å².